The number of fused-ring (bicyclic) bond motifs is 2. The Morgan fingerprint density at radius 1 is 1.42 bits per heavy atom. The van der Waals surface area contributed by atoms with Crippen LogP contribution < -0.4 is 5.73 Å². The number of carbonyl (C=O) groups is 1. The van der Waals surface area contributed by atoms with Crippen molar-refractivity contribution in [2.24, 2.45) is 28.9 Å². The van der Waals surface area contributed by atoms with Gasteiger partial charge in [0.2, 0.25) is 5.91 Å². The Morgan fingerprint density at radius 3 is 2.42 bits per heavy atom. The van der Waals surface area contributed by atoms with Gasteiger partial charge in [0, 0.05) is 5.92 Å². The summed E-state index contributed by atoms with van der Waals surface area (Å²) in [5.74, 6) is 1.53. The number of primary amides is 1. The average molecular weight is 167 g/mol. The van der Waals surface area contributed by atoms with Crippen LogP contribution in [0.4, 0.5) is 0 Å². The largest absolute Gasteiger partial charge is 0.369 e. The molecule has 2 nitrogen and oxygen atoms in total. The van der Waals surface area contributed by atoms with Crippen molar-refractivity contribution in [1.29, 1.82) is 0 Å². The first-order valence-corrected chi connectivity index (χ1v) is 4.83. The van der Waals surface area contributed by atoms with Crippen molar-refractivity contribution in [2.45, 2.75) is 33.1 Å². The van der Waals surface area contributed by atoms with Crippen molar-refractivity contribution in [3.05, 3.63) is 0 Å². The van der Waals surface area contributed by atoms with E-state index >= 15 is 0 Å². The summed E-state index contributed by atoms with van der Waals surface area (Å²) >= 11 is 0. The summed E-state index contributed by atoms with van der Waals surface area (Å²) in [7, 11) is 0. The maximum absolute atomic E-state index is 11.1. The zero-order valence-corrected chi connectivity index (χ0v) is 7.84. The minimum Gasteiger partial charge on any atom is -0.369 e. The molecule has 3 fully saturated rings. The third kappa shape index (κ3) is 0.838. The van der Waals surface area contributed by atoms with Crippen molar-refractivity contribution in [3.8, 4) is 0 Å². The second kappa shape index (κ2) is 2.24. The van der Waals surface area contributed by atoms with E-state index < -0.39 is 0 Å². The molecule has 0 aromatic heterocycles. The summed E-state index contributed by atoms with van der Waals surface area (Å²) in [6, 6.07) is 0. The fraction of sp³-hybridized carbons (Fsp3) is 0.900. The Balaban J connectivity index is 2.16. The molecule has 0 aliphatic heterocycles. The summed E-state index contributed by atoms with van der Waals surface area (Å²) in [6.07, 6.45) is 3.48. The van der Waals surface area contributed by atoms with Crippen molar-refractivity contribution >= 4 is 5.91 Å². The molecule has 3 aliphatic rings. The highest BCUT2D eigenvalue weighted by atomic mass is 16.1. The molecule has 2 heteroatoms. The molecule has 0 aromatic rings. The van der Waals surface area contributed by atoms with E-state index in [4.69, 9.17) is 5.73 Å². The summed E-state index contributed by atoms with van der Waals surface area (Å²) in [4.78, 5) is 11.1. The number of carbonyl (C=O) groups excluding carboxylic acids is 1. The van der Waals surface area contributed by atoms with E-state index in [1.54, 1.807) is 0 Å². The van der Waals surface area contributed by atoms with Gasteiger partial charge in [-0.25, -0.2) is 0 Å². The monoisotopic (exact) mass is 167 g/mol. The Bertz CT molecular complexity index is 220. The third-order valence-electron chi connectivity index (χ3n) is 4.22. The van der Waals surface area contributed by atoms with Gasteiger partial charge >= 0.3 is 0 Å². The molecule has 0 radical (unpaired) electrons. The topological polar surface area (TPSA) is 43.1 Å². The van der Waals surface area contributed by atoms with E-state index in [1.807, 2.05) is 0 Å². The van der Waals surface area contributed by atoms with Gasteiger partial charge in [-0.05, 0) is 36.5 Å². The zero-order chi connectivity index (χ0) is 8.93. The van der Waals surface area contributed by atoms with Crippen molar-refractivity contribution in [1.82, 2.24) is 0 Å². The molecule has 0 spiro atoms. The lowest BCUT2D eigenvalue weighted by Crippen LogP contribution is -2.55. The van der Waals surface area contributed by atoms with Crippen LogP contribution >= 0.6 is 0 Å². The number of hydrogen-bond acceptors (Lipinski definition) is 1. The molecule has 3 atom stereocenters. The van der Waals surface area contributed by atoms with Crippen LogP contribution in [-0.4, -0.2) is 5.91 Å². The van der Waals surface area contributed by atoms with E-state index in [-0.39, 0.29) is 11.8 Å². The molecule has 3 saturated carbocycles. The first kappa shape index (κ1) is 8.09. The predicted octanol–water partition coefficient (Wildman–Crippen LogP) is 1.54. The number of rotatable bonds is 1. The van der Waals surface area contributed by atoms with Crippen LogP contribution in [0.3, 0.4) is 0 Å². The molecule has 2 unspecified atom stereocenters. The van der Waals surface area contributed by atoms with Gasteiger partial charge in [0.05, 0.1) is 0 Å². The minimum atomic E-state index is -0.0776. The highest BCUT2D eigenvalue weighted by Gasteiger charge is 2.55. The first-order chi connectivity index (χ1) is 5.53. The molecule has 3 aliphatic carbocycles. The molecule has 3 rings (SSSR count). The molecule has 1 amide bonds. The van der Waals surface area contributed by atoms with Crippen LogP contribution in [0.1, 0.15) is 33.1 Å². The van der Waals surface area contributed by atoms with Gasteiger partial charge in [-0.1, -0.05) is 13.8 Å². The van der Waals surface area contributed by atoms with Gasteiger partial charge in [0.25, 0.3) is 0 Å². The summed E-state index contributed by atoms with van der Waals surface area (Å²) in [5.41, 5.74) is 5.75. The molecular weight excluding hydrogens is 150 g/mol. The van der Waals surface area contributed by atoms with Crippen molar-refractivity contribution < 1.29 is 4.79 Å². The average Bonchev–Trinajstić information content (AvgIpc) is 2.04. The SMILES string of the molecule is CC1(C)C2CCC(C(N)=O)[C@@H]1C2. The molecule has 0 aromatic carbocycles. The standard InChI is InChI=1S/C10H17NO/c1-10(2)6-3-4-7(9(11)12)8(10)5-6/h6-8H,3-5H2,1-2H3,(H2,11,12)/t6?,7?,8-/m0/s1. The highest BCUT2D eigenvalue weighted by molar-refractivity contribution is 5.77. The lowest BCUT2D eigenvalue weighted by atomic mass is 9.45. The van der Waals surface area contributed by atoms with E-state index in [0.29, 0.717) is 11.3 Å². The van der Waals surface area contributed by atoms with Gasteiger partial charge < -0.3 is 5.73 Å². The second-order valence-corrected chi connectivity index (χ2v) is 4.95. The van der Waals surface area contributed by atoms with Crippen LogP contribution in [0.5, 0.6) is 0 Å². The van der Waals surface area contributed by atoms with E-state index in [9.17, 15) is 4.79 Å². The zero-order valence-electron chi connectivity index (χ0n) is 7.84. The lowest BCUT2D eigenvalue weighted by molar-refractivity contribution is -0.145. The number of amides is 1. The molecule has 0 heterocycles. The molecule has 2 N–H and O–H groups in total. The Hall–Kier alpha value is -0.530. The predicted molar refractivity (Wildman–Crippen MR) is 47.3 cm³/mol. The maximum Gasteiger partial charge on any atom is 0.220 e. The molecule has 0 saturated heterocycles. The number of hydrogen-bond donors (Lipinski definition) is 1. The molecular formula is C10H17NO. The first-order valence-electron chi connectivity index (χ1n) is 4.83. The van der Waals surface area contributed by atoms with E-state index in [2.05, 4.69) is 13.8 Å². The molecule has 2 bridgehead atoms. The Labute approximate surface area is 73.5 Å². The fourth-order valence-electron chi connectivity index (χ4n) is 3.15. The normalized spacial score (nSPS) is 43.3. The van der Waals surface area contributed by atoms with Gasteiger partial charge in [-0.3, -0.25) is 4.79 Å². The fourth-order valence-corrected chi connectivity index (χ4v) is 3.15. The highest BCUT2D eigenvalue weighted by Crippen LogP contribution is 2.61. The molecule has 12 heavy (non-hydrogen) atoms. The van der Waals surface area contributed by atoms with Gasteiger partial charge in [-0.15, -0.1) is 0 Å². The molecule has 68 valence electrons. The number of nitrogens with two attached hydrogens (primary N) is 1. The quantitative estimate of drug-likeness (QED) is 0.632. The lowest BCUT2D eigenvalue weighted by Gasteiger charge is -2.59. The summed E-state index contributed by atoms with van der Waals surface area (Å²) < 4.78 is 0. The van der Waals surface area contributed by atoms with Crippen molar-refractivity contribution in [2.75, 3.05) is 0 Å². The second-order valence-electron chi connectivity index (χ2n) is 4.95. The van der Waals surface area contributed by atoms with Crippen LogP contribution in [0.25, 0.3) is 0 Å². The van der Waals surface area contributed by atoms with Crippen molar-refractivity contribution in [3.63, 3.8) is 0 Å². The smallest absolute Gasteiger partial charge is 0.220 e. The van der Waals surface area contributed by atoms with E-state index in [1.165, 1.54) is 12.8 Å². The van der Waals surface area contributed by atoms with Crippen LogP contribution in [0.2, 0.25) is 0 Å². The van der Waals surface area contributed by atoms with Gasteiger partial charge in [0.1, 0.15) is 0 Å². The summed E-state index contributed by atoms with van der Waals surface area (Å²) in [6.45, 7) is 4.56. The van der Waals surface area contributed by atoms with E-state index in [0.717, 1.165) is 12.3 Å². The Morgan fingerprint density at radius 2 is 2.08 bits per heavy atom. The van der Waals surface area contributed by atoms with Crippen LogP contribution in [0, 0.1) is 23.2 Å². The maximum atomic E-state index is 11.1. The van der Waals surface area contributed by atoms with Gasteiger partial charge in [0.15, 0.2) is 0 Å². The van der Waals surface area contributed by atoms with Crippen LogP contribution in [-0.2, 0) is 4.79 Å². The summed E-state index contributed by atoms with van der Waals surface area (Å²) in [5, 5.41) is 0. The van der Waals surface area contributed by atoms with Gasteiger partial charge in [-0.2, -0.15) is 0 Å². The Kier molecular flexibility index (Phi) is 1.51. The third-order valence-corrected chi connectivity index (χ3v) is 4.22. The minimum absolute atomic E-state index is 0.0776. The van der Waals surface area contributed by atoms with Crippen LogP contribution in [0.15, 0.2) is 0 Å².